The molecule has 5 aromatic rings. The predicted octanol–water partition coefficient (Wildman–Crippen LogP) is 5.89. The number of ketones is 1. The van der Waals surface area contributed by atoms with E-state index in [1.165, 1.54) is 0 Å². The van der Waals surface area contributed by atoms with Gasteiger partial charge in [0.1, 0.15) is 11.6 Å². The standard InChI is InChI=1S/C31H25N5O/c1-21-33-26(28-12-6-8-14-35(21)28)16-23-18-31(20-32,25-10-4-3-5-11-25)19-24(30(23)37)17-27-29-13-7-9-15-36(29)22(2)34-27/h3-17H,18-19H2,1-2H3/b23-16+,24-17+. The van der Waals surface area contributed by atoms with Gasteiger partial charge >= 0.3 is 0 Å². The number of nitrogens with zero attached hydrogens (tertiary/aromatic N) is 5. The summed E-state index contributed by atoms with van der Waals surface area (Å²) < 4.78 is 4.01. The summed E-state index contributed by atoms with van der Waals surface area (Å²) in [5.74, 6) is 1.62. The molecular weight excluding hydrogens is 458 g/mol. The molecule has 6 heteroatoms. The minimum absolute atomic E-state index is 0.0636. The highest BCUT2D eigenvalue weighted by molar-refractivity contribution is 6.15. The first-order chi connectivity index (χ1) is 18.0. The van der Waals surface area contributed by atoms with Crippen molar-refractivity contribution >= 4 is 29.0 Å². The zero-order valence-corrected chi connectivity index (χ0v) is 20.7. The smallest absolute Gasteiger partial charge is 0.185 e. The predicted molar refractivity (Wildman–Crippen MR) is 144 cm³/mol. The highest BCUT2D eigenvalue weighted by Crippen LogP contribution is 2.43. The molecule has 1 aliphatic rings. The van der Waals surface area contributed by atoms with Gasteiger partial charge in [-0.15, -0.1) is 0 Å². The second-order valence-corrected chi connectivity index (χ2v) is 9.58. The quantitative estimate of drug-likeness (QED) is 0.300. The molecule has 180 valence electrons. The Bertz CT molecular complexity index is 1680. The molecule has 6 rings (SSSR count). The molecule has 1 aromatic carbocycles. The van der Waals surface area contributed by atoms with Crippen LogP contribution in [0.3, 0.4) is 0 Å². The molecule has 0 aliphatic heterocycles. The van der Waals surface area contributed by atoms with Crippen molar-refractivity contribution in [3.63, 3.8) is 0 Å². The van der Waals surface area contributed by atoms with E-state index in [2.05, 4.69) is 6.07 Å². The number of aryl methyl sites for hydroxylation is 2. The lowest BCUT2D eigenvalue weighted by molar-refractivity contribution is -0.113. The Morgan fingerprint density at radius 3 is 1.76 bits per heavy atom. The van der Waals surface area contributed by atoms with Gasteiger partial charge in [-0.1, -0.05) is 42.5 Å². The highest BCUT2D eigenvalue weighted by atomic mass is 16.1. The van der Waals surface area contributed by atoms with Crippen molar-refractivity contribution in [1.29, 1.82) is 5.26 Å². The summed E-state index contributed by atoms with van der Waals surface area (Å²) >= 11 is 0. The number of aromatic nitrogens is 4. The van der Waals surface area contributed by atoms with Crippen LogP contribution in [0.25, 0.3) is 23.2 Å². The maximum Gasteiger partial charge on any atom is 0.185 e. The summed E-state index contributed by atoms with van der Waals surface area (Å²) in [7, 11) is 0. The molecule has 37 heavy (non-hydrogen) atoms. The van der Waals surface area contributed by atoms with Gasteiger partial charge in [0.25, 0.3) is 0 Å². The molecule has 4 heterocycles. The number of pyridine rings is 2. The molecule has 0 N–H and O–H groups in total. The largest absolute Gasteiger partial charge is 0.303 e. The van der Waals surface area contributed by atoms with Crippen LogP contribution >= 0.6 is 0 Å². The number of carbonyl (C=O) groups is 1. The molecule has 0 radical (unpaired) electrons. The third kappa shape index (κ3) is 3.76. The molecule has 0 atom stereocenters. The van der Waals surface area contributed by atoms with Crippen molar-refractivity contribution in [2.24, 2.45) is 0 Å². The van der Waals surface area contributed by atoms with Crippen LogP contribution in [0.15, 0.2) is 90.3 Å². The number of rotatable bonds is 3. The second kappa shape index (κ2) is 8.72. The fourth-order valence-electron chi connectivity index (χ4n) is 5.40. The van der Waals surface area contributed by atoms with Crippen molar-refractivity contribution < 1.29 is 4.79 Å². The van der Waals surface area contributed by atoms with Crippen LogP contribution in [0.4, 0.5) is 0 Å². The van der Waals surface area contributed by atoms with Gasteiger partial charge in [-0.25, -0.2) is 9.97 Å². The van der Waals surface area contributed by atoms with Crippen LogP contribution in [0.5, 0.6) is 0 Å². The van der Waals surface area contributed by atoms with Crippen LogP contribution in [-0.4, -0.2) is 24.6 Å². The van der Waals surface area contributed by atoms with E-state index in [-0.39, 0.29) is 5.78 Å². The Kier molecular flexibility index (Phi) is 5.35. The first-order valence-electron chi connectivity index (χ1n) is 12.3. The summed E-state index contributed by atoms with van der Waals surface area (Å²) in [6.07, 6.45) is 8.29. The molecule has 6 nitrogen and oxygen atoms in total. The van der Waals surface area contributed by atoms with Gasteiger partial charge in [0, 0.05) is 23.5 Å². The van der Waals surface area contributed by atoms with Gasteiger partial charge < -0.3 is 8.80 Å². The Hall–Kier alpha value is -4.76. The maximum atomic E-state index is 13.9. The van der Waals surface area contributed by atoms with Gasteiger partial charge in [0.15, 0.2) is 5.78 Å². The number of benzene rings is 1. The number of allylic oxidation sites excluding steroid dienone is 2. The van der Waals surface area contributed by atoms with Crippen molar-refractivity contribution in [2.45, 2.75) is 32.1 Å². The van der Waals surface area contributed by atoms with E-state index in [0.29, 0.717) is 24.0 Å². The fraction of sp³-hybridized carbons (Fsp3) is 0.161. The monoisotopic (exact) mass is 483 g/mol. The SMILES string of the molecule is Cc1nc(/C=C2\CC(C#N)(c3ccccc3)C/C(=C\c3nc(C)n4ccccc34)C2=O)c2ccccn12. The molecule has 0 amide bonds. The lowest BCUT2D eigenvalue weighted by Crippen LogP contribution is -2.33. The normalized spacial score (nSPS) is 20.2. The first-order valence-corrected chi connectivity index (χ1v) is 12.3. The third-order valence-electron chi connectivity index (χ3n) is 7.24. The van der Waals surface area contributed by atoms with E-state index in [0.717, 1.165) is 39.6 Å². The summed E-state index contributed by atoms with van der Waals surface area (Å²) in [6.45, 7) is 3.89. The maximum absolute atomic E-state index is 13.9. The molecule has 1 aliphatic carbocycles. The van der Waals surface area contributed by atoms with E-state index in [4.69, 9.17) is 9.97 Å². The zero-order chi connectivity index (χ0) is 25.6. The summed E-state index contributed by atoms with van der Waals surface area (Å²) in [4.78, 5) is 23.4. The summed E-state index contributed by atoms with van der Waals surface area (Å²) in [5, 5.41) is 10.5. The zero-order valence-electron chi connectivity index (χ0n) is 20.7. The Labute approximate surface area is 214 Å². The van der Waals surface area contributed by atoms with Crippen LogP contribution in [-0.2, 0) is 10.2 Å². The van der Waals surface area contributed by atoms with Gasteiger partial charge in [-0.3, -0.25) is 4.79 Å². The van der Waals surface area contributed by atoms with Crippen molar-refractivity contribution in [3.05, 3.63) is 119 Å². The Morgan fingerprint density at radius 1 is 0.784 bits per heavy atom. The van der Waals surface area contributed by atoms with Crippen LogP contribution < -0.4 is 0 Å². The molecule has 1 saturated carbocycles. The number of imidazole rings is 2. The Morgan fingerprint density at radius 2 is 1.27 bits per heavy atom. The van der Waals surface area contributed by atoms with Gasteiger partial charge in [-0.05, 0) is 68.7 Å². The third-order valence-corrected chi connectivity index (χ3v) is 7.24. The number of nitriles is 1. The average molecular weight is 484 g/mol. The number of hydrogen-bond donors (Lipinski definition) is 0. The number of Topliss-reactive ketones (excluding diaryl/α,β-unsaturated/α-hetero) is 1. The lowest BCUT2D eigenvalue weighted by Gasteiger charge is -2.33. The van der Waals surface area contributed by atoms with Crippen LogP contribution in [0.1, 0.15) is 41.4 Å². The highest BCUT2D eigenvalue weighted by Gasteiger charge is 2.42. The van der Waals surface area contributed by atoms with E-state index < -0.39 is 5.41 Å². The summed E-state index contributed by atoms with van der Waals surface area (Å²) in [5.41, 5.74) is 4.49. The van der Waals surface area contributed by atoms with Crippen LogP contribution in [0, 0.1) is 25.2 Å². The molecule has 1 fully saturated rings. The first kappa shape index (κ1) is 22.7. The topological polar surface area (TPSA) is 75.5 Å². The fourth-order valence-corrected chi connectivity index (χ4v) is 5.40. The molecule has 0 bridgehead atoms. The van der Waals surface area contributed by atoms with Crippen LogP contribution in [0.2, 0.25) is 0 Å². The molecule has 4 aromatic heterocycles. The van der Waals surface area contributed by atoms with Crippen molar-refractivity contribution in [1.82, 2.24) is 18.8 Å². The van der Waals surface area contributed by atoms with E-state index in [9.17, 15) is 10.1 Å². The Balaban J connectivity index is 1.55. The van der Waals surface area contributed by atoms with Gasteiger partial charge in [0.05, 0.1) is 33.9 Å². The lowest BCUT2D eigenvalue weighted by atomic mass is 9.66. The average Bonchev–Trinajstić information content (AvgIpc) is 3.43. The number of hydrogen-bond acceptors (Lipinski definition) is 4. The molecular formula is C31H25N5O. The number of fused-ring (bicyclic) bond motifs is 2. The van der Waals surface area contributed by atoms with Crippen molar-refractivity contribution in [3.8, 4) is 6.07 Å². The second-order valence-electron chi connectivity index (χ2n) is 9.58. The van der Waals surface area contributed by atoms with E-state index in [1.54, 1.807) is 0 Å². The summed E-state index contributed by atoms with van der Waals surface area (Å²) in [6, 6.07) is 24.2. The molecule has 0 saturated heterocycles. The minimum atomic E-state index is -0.873. The van der Waals surface area contributed by atoms with Gasteiger partial charge in [-0.2, -0.15) is 5.26 Å². The molecule has 0 spiro atoms. The molecule has 0 unspecified atom stereocenters. The van der Waals surface area contributed by atoms with E-state index >= 15 is 0 Å². The van der Waals surface area contributed by atoms with Gasteiger partial charge in [0.2, 0.25) is 0 Å². The van der Waals surface area contributed by atoms with Crippen molar-refractivity contribution in [2.75, 3.05) is 0 Å². The number of carbonyl (C=O) groups excluding carboxylic acids is 1. The minimum Gasteiger partial charge on any atom is -0.303 e. The van der Waals surface area contributed by atoms with E-state index in [1.807, 2.05) is 114 Å².